The Labute approximate surface area is 105 Å². The second kappa shape index (κ2) is 4.82. The maximum atomic E-state index is 13.5. The van der Waals surface area contributed by atoms with Gasteiger partial charge in [-0.3, -0.25) is 0 Å². The SMILES string of the molecule is CC1(C)CCC(Nc2cc(F)c(F)cc2F)CC1. The maximum absolute atomic E-state index is 13.5. The number of halogens is 3. The first-order valence-corrected chi connectivity index (χ1v) is 6.28. The molecule has 2 rings (SSSR count). The molecule has 1 aliphatic rings. The topological polar surface area (TPSA) is 12.0 Å². The van der Waals surface area contributed by atoms with E-state index in [1.807, 2.05) is 0 Å². The van der Waals surface area contributed by atoms with Crippen molar-refractivity contribution in [3.63, 3.8) is 0 Å². The summed E-state index contributed by atoms with van der Waals surface area (Å²) in [7, 11) is 0. The molecule has 0 unspecified atom stereocenters. The molecule has 0 amide bonds. The largest absolute Gasteiger partial charge is 0.380 e. The minimum Gasteiger partial charge on any atom is -0.380 e. The Morgan fingerprint density at radius 1 is 1.00 bits per heavy atom. The molecule has 1 saturated carbocycles. The van der Waals surface area contributed by atoms with Gasteiger partial charge in [0.05, 0.1) is 5.69 Å². The number of hydrogen-bond acceptors (Lipinski definition) is 1. The summed E-state index contributed by atoms with van der Waals surface area (Å²) in [5.41, 5.74) is 0.378. The third kappa shape index (κ3) is 2.98. The summed E-state index contributed by atoms with van der Waals surface area (Å²) < 4.78 is 39.3. The highest BCUT2D eigenvalue weighted by molar-refractivity contribution is 5.46. The first-order valence-electron chi connectivity index (χ1n) is 6.28. The lowest BCUT2D eigenvalue weighted by Gasteiger charge is -2.35. The van der Waals surface area contributed by atoms with E-state index in [2.05, 4.69) is 19.2 Å². The third-order valence-corrected chi connectivity index (χ3v) is 3.71. The zero-order valence-corrected chi connectivity index (χ0v) is 10.7. The predicted octanol–water partition coefficient (Wildman–Crippen LogP) is 4.48. The Bertz CT molecular complexity index is 433. The van der Waals surface area contributed by atoms with Crippen molar-refractivity contribution in [3.05, 3.63) is 29.6 Å². The van der Waals surface area contributed by atoms with Gasteiger partial charge in [-0.2, -0.15) is 0 Å². The van der Waals surface area contributed by atoms with Crippen LogP contribution < -0.4 is 5.32 Å². The van der Waals surface area contributed by atoms with E-state index in [0.717, 1.165) is 31.7 Å². The second-order valence-electron chi connectivity index (χ2n) is 5.83. The zero-order chi connectivity index (χ0) is 13.3. The van der Waals surface area contributed by atoms with Gasteiger partial charge in [0.2, 0.25) is 0 Å². The third-order valence-electron chi connectivity index (χ3n) is 3.71. The number of rotatable bonds is 2. The molecule has 1 nitrogen and oxygen atoms in total. The highest BCUT2D eigenvalue weighted by Crippen LogP contribution is 2.36. The van der Waals surface area contributed by atoms with Crippen molar-refractivity contribution in [1.82, 2.24) is 0 Å². The average Bonchev–Trinajstić information content (AvgIpc) is 2.28. The van der Waals surface area contributed by atoms with E-state index in [0.29, 0.717) is 11.5 Å². The van der Waals surface area contributed by atoms with Crippen molar-refractivity contribution in [2.45, 2.75) is 45.6 Å². The van der Waals surface area contributed by atoms with Crippen LogP contribution in [0.3, 0.4) is 0 Å². The molecule has 0 bridgehead atoms. The van der Waals surface area contributed by atoms with Crippen LogP contribution in [0.4, 0.5) is 18.9 Å². The fourth-order valence-electron chi connectivity index (χ4n) is 2.40. The Morgan fingerprint density at radius 2 is 1.56 bits per heavy atom. The molecule has 18 heavy (non-hydrogen) atoms. The fourth-order valence-corrected chi connectivity index (χ4v) is 2.40. The smallest absolute Gasteiger partial charge is 0.161 e. The summed E-state index contributed by atoms with van der Waals surface area (Å²) in [6, 6.07) is 1.62. The molecule has 4 heteroatoms. The molecule has 1 aromatic carbocycles. The minimum atomic E-state index is -1.15. The summed E-state index contributed by atoms with van der Waals surface area (Å²) in [4.78, 5) is 0. The van der Waals surface area contributed by atoms with E-state index in [-0.39, 0.29) is 11.7 Å². The van der Waals surface area contributed by atoms with Crippen molar-refractivity contribution in [2.75, 3.05) is 5.32 Å². The molecule has 0 spiro atoms. The molecule has 0 aromatic heterocycles. The molecule has 1 fully saturated rings. The lowest BCUT2D eigenvalue weighted by Crippen LogP contribution is -2.30. The average molecular weight is 257 g/mol. The molecule has 1 N–H and O–H groups in total. The number of benzene rings is 1. The van der Waals surface area contributed by atoms with E-state index in [4.69, 9.17) is 0 Å². The summed E-state index contributed by atoms with van der Waals surface area (Å²) >= 11 is 0. The molecule has 1 aliphatic carbocycles. The first-order chi connectivity index (χ1) is 8.37. The van der Waals surface area contributed by atoms with Crippen LogP contribution in [-0.2, 0) is 0 Å². The van der Waals surface area contributed by atoms with Crippen LogP contribution >= 0.6 is 0 Å². The van der Waals surface area contributed by atoms with Crippen molar-refractivity contribution in [3.8, 4) is 0 Å². The van der Waals surface area contributed by atoms with Gasteiger partial charge in [-0.25, -0.2) is 13.2 Å². The van der Waals surface area contributed by atoms with Crippen LogP contribution in [0.1, 0.15) is 39.5 Å². The van der Waals surface area contributed by atoms with Crippen LogP contribution in [-0.4, -0.2) is 6.04 Å². The molecule has 0 saturated heterocycles. The monoisotopic (exact) mass is 257 g/mol. The van der Waals surface area contributed by atoms with Crippen molar-refractivity contribution < 1.29 is 13.2 Å². The van der Waals surface area contributed by atoms with Gasteiger partial charge in [0, 0.05) is 18.2 Å². The van der Waals surface area contributed by atoms with Gasteiger partial charge in [0.15, 0.2) is 11.6 Å². The number of anilines is 1. The predicted molar refractivity (Wildman–Crippen MR) is 66.0 cm³/mol. The van der Waals surface area contributed by atoms with Crippen LogP contribution in [0.25, 0.3) is 0 Å². The molecule has 0 heterocycles. The zero-order valence-electron chi connectivity index (χ0n) is 10.7. The van der Waals surface area contributed by atoms with Crippen LogP contribution in [0.2, 0.25) is 0 Å². The van der Waals surface area contributed by atoms with Gasteiger partial charge in [-0.15, -0.1) is 0 Å². The quantitative estimate of drug-likeness (QED) is 0.770. The molecule has 0 atom stereocenters. The highest BCUT2D eigenvalue weighted by atomic mass is 19.2. The van der Waals surface area contributed by atoms with Crippen molar-refractivity contribution in [2.24, 2.45) is 5.41 Å². The summed E-state index contributed by atoms with van der Waals surface area (Å²) in [6.45, 7) is 4.42. The summed E-state index contributed by atoms with van der Waals surface area (Å²) in [6.07, 6.45) is 3.95. The van der Waals surface area contributed by atoms with E-state index in [1.54, 1.807) is 0 Å². The molecule has 0 radical (unpaired) electrons. The van der Waals surface area contributed by atoms with Crippen LogP contribution in [0.5, 0.6) is 0 Å². The standard InChI is InChI=1S/C14H18F3N/c1-14(2)5-3-9(4-6-14)18-13-8-11(16)10(15)7-12(13)17/h7-9,18H,3-6H2,1-2H3. The minimum absolute atomic E-state index is 0.0543. The lowest BCUT2D eigenvalue weighted by molar-refractivity contribution is 0.232. The lowest BCUT2D eigenvalue weighted by atomic mass is 9.75. The Balaban J connectivity index is 2.04. The number of hydrogen-bond donors (Lipinski definition) is 1. The highest BCUT2D eigenvalue weighted by Gasteiger charge is 2.27. The van der Waals surface area contributed by atoms with Gasteiger partial charge in [-0.1, -0.05) is 13.8 Å². The number of nitrogens with one attached hydrogen (secondary N) is 1. The van der Waals surface area contributed by atoms with Gasteiger partial charge in [-0.05, 0) is 31.1 Å². The Morgan fingerprint density at radius 3 is 2.17 bits per heavy atom. The van der Waals surface area contributed by atoms with E-state index in [1.165, 1.54) is 0 Å². The molecule has 1 aromatic rings. The van der Waals surface area contributed by atoms with E-state index >= 15 is 0 Å². The van der Waals surface area contributed by atoms with Gasteiger partial charge in [0.25, 0.3) is 0 Å². The molecular formula is C14H18F3N. The van der Waals surface area contributed by atoms with Gasteiger partial charge < -0.3 is 5.32 Å². The van der Waals surface area contributed by atoms with E-state index in [9.17, 15) is 13.2 Å². The van der Waals surface area contributed by atoms with Crippen LogP contribution in [0, 0.1) is 22.9 Å². The summed E-state index contributed by atoms with van der Waals surface area (Å²) in [5, 5.41) is 2.97. The van der Waals surface area contributed by atoms with E-state index < -0.39 is 17.5 Å². The Hall–Kier alpha value is -1.19. The van der Waals surface area contributed by atoms with Crippen molar-refractivity contribution in [1.29, 1.82) is 0 Å². The van der Waals surface area contributed by atoms with Gasteiger partial charge in [0.1, 0.15) is 5.82 Å². The van der Waals surface area contributed by atoms with Gasteiger partial charge >= 0.3 is 0 Å². The molecule has 0 aliphatic heterocycles. The fraction of sp³-hybridized carbons (Fsp3) is 0.571. The normalized spacial score (nSPS) is 19.8. The molecule has 100 valence electrons. The first kappa shape index (κ1) is 13.2. The second-order valence-corrected chi connectivity index (χ2v) is 5.83. The molecular weight excluding hydrogens is 239 g/mol. The summed E-state index contributed by atoms with van der Waals surface area (Å²) in [5.74, 6) is -2.91. The maximum Gasteiger partial charge on any atom is 0.161 e. The van der Waals surface area contributed by atoms with Crippen LogP contribution in [0.15, 0.2) is 12.1 Å². The Kier molecular flexibility index (Phi) is 3.55. The van der Waals surface area contributed by atoms with Crippen molar-refractivity contribution >= 4 is 5.69 Å².